The average molecular weight is 489 g/mol. The number of hydrogen-bond acceptors (Lipinski definition) is 3. The predicted molar refractivity (Wildman–Crippen MR) is 141 cm³/mol. The maximum Gasteiger partial charge on any atom is 0.174 e. The van der Waals surface area contributed by atoms with E-state index in [1.54, 1.807) is 24.4 Å². The highest BCUT2D eigenvalue weighted by molar-refractivity contribution is 7.80. The van der Waals surface area contributed by atoms with Gasteiger partial charge in [0.15, 0.2) is 5.11 Å². The lowest BCUT2D eigenvalue weighted by atomic mass is 9.96. The summed E-state index contributed by atoms with van der Waals surface area (Å²) < 4.78 is 2.26. The average Bonchev–Trinajstić information content (AvgIpc) is 3.31. The molecule has 0 aliphatic carbocycles. The van der Waals surface area contributed by atoms with Crippen LogP contribution >= 0.6 is 23.8 Å². The number of pyridine rings is 1. The molecule has 34 heavy (non-hydrogen) atoms. The maximum absolute atomic E-state index is 10.8. The smallest absolute Gasteiger partial charge is 0.174 e. The second-order valence-electron chi connectivity index (χ2n) is 8.63. The number of nitrogens with zero attached hydrogens (tertiary/aromatic N) is 3. The monoisotopic (exact) mass is 488 g/mol. The Morgan fingerprint density at radius 2 is 1.82 bits per heavy atom. The number of rotatable bonds is 4. The maximum atomic E-state index is 10.8. The highest BCUT2D eigenvalue weighted by Crippen LogP contribution is 2.46. The number of anilines is 1. The van der Waals surface area contributed by atoms with Gasteiger partial charge < -0.3 is 19.9 Å². The van der Waals surface area contributed by atoms with Gasteiger partial charge in [-0.05, 0) is 92.6 Å². The molecular formula is C27H25ClN4OS. The largest absolute Gasteiger partial charge is 0.506 e. The Morgan fingerprint density at radius 3 is 2.56 bits per heavy atom. The molecule has 0 saturated carbocycles. The van der Waals surface area contributed by atoms with Crippen molar-refractivity contribution in [1.82, 2.24) is 14.9 Å². The molecule has 0 amide bonds. The van der Waals surface area contributed by atoms with Gasteiger partial charge in [-0.25, -0.2) is 0 Å². The van der Waals surface area contributed by atoms with Gasteiger partial charge >= 0.3 is 0 Å². The van der Waals surface area contributed by atoms with E-state index in [1.165, 1.54) is 5.56 Å². The fourth-order valence-corrected chi connectivity index (χ4v) is 5.38. The molecule has 5 nitrogen and oxygen atoms in total. The zero-order valence-corrected chi connectivity index (χ0v) is 20.7. The molecule has 1 fully saturated rings. The van der Waals surface area contributed by atoms with Gasteiger partial charge in [0.05, 0.1) is 23.5 Å². The minimum absolute atomic E-state index is 0.118. The highest BCUT2D eigenvalue weighted by atomic mass is 35.5. The molecule has 1 aliphatic heterocycles. The summed E-state index contributed by atoms with van der Waals surface area (Å²) in [6.07, 6.45) is 1.78. The van der Waals surface area contributed by atoms with Crippen molar-refractivity contribution in [2.75, 3.05) is 4.90 Å². The molecule has 0 unspecified atom stereocenters. The lowest BCUT2D eigenvalue weighted by Crippen LogP contribution is -2.29. The van der Waals surface area contributed by atoms with Gasteiger partial charge in [0.2, 0.25) is 0 Å². The van der Waals surface area contributed by atoms with Crippen LogP contribution in [-0.2, 0) is 0 Å². The molecule has 2 aromatic heterocycles. The first-order valence-electron chi connectivity index (χ1n) is 11.1. The van der Waals surface area contributed by atoms with E-state index in [-0.39, 0.29) is 17.8 Å². The Hall–Kier alpha value is -3.35. The fourth-order valence-electron chi connectivity index (χ4n) is 4.87. The van der Waals surface area contributed by atoms with Crippen LogP contribution in [0.15, 0.2) is 72.9 Å². The number of aryl methyl sites for hydroxylation is 2. The Labute approximate surface area is 209 Å². The number of phenolic OH excluding ortho intramolecular Hbond substituents is 1. The molecule has 4 aromatic rings. The molecule has 1 saturated heterocycles. The molecule has 0 spiro atoms. The number of benzene rings is 2. The van der Waals surface area contributed by atoms with Crippen LogP contribution in [0.25, 0.3) is 5.69 Å². The van der Waals surface area contributed by atoms with Gasteiger partial charge in [0, 0.05) is 28.3 Å². The van der Waals surface area contributed by atoms with E-state index < -0.39 is 0 Å². The van der Waals surface area contributed by atoms with E-state index in [1.807, 2.05) is 23.1 Å². The van der Waals surface area contributed by atoms with Gasteiger partial charge in [-0.15, -0.1) is 0 Å². The van der Waals surface area contributed by atoms with Crippen LogP contribution in [0.5, 0.6) is 5.75 Å². The summed E-state index contributed by atoms with van der Waals surface area (Å²) in [6, 6.07) is 21.1. The Bertz CT molecular complexity index is 1380. The summed E-state index contributed by atoms with van der Waals surface area (Å²) in [5, 5.41) is 15.3. The van der Waals surface area contributed by atoms with Crippen molar-refractivity contribution in [1.29, 1.82) is 0 Å². The van der Waals surface area contributed by atoms with Crippen molar-refractivity contribution >= 4 is 34.6 Å². The third kappa shape index (κ3) is 3.83. The summed E-state index contributed by atoms with van der Waals surface area (Å²) >= 11 is 12.1. The zero-order valence-electron chi connectivity index (χ0n) is 19.2. The summed E-state index contributed by atoms with van der Waals surface area (Å²) in [6.45, 7) is 6.33. The van der Waals surface area contributed by atoms with Crippen LogP contribution in [0.3, 0.4) is 0 Å². The topological polar surface area (TPSA) is 53.3 Å². The van der Waals surface area contributed by atoms with E-state index in [0.29, 0.717) is 15.8 Å². The highest BCUT2D eigenvalue weighted by Gasteiger charge is 2.43. The molecule has 5 rings (SSSR count). The lowest BCUT2D eigenvalue weighted by molar-refractivity contribution is 0.472. The van der Waals surface area contributed by atoms with E-state index >= 15 is 0 Å². The summed E-state index contributed by atoms with van der Waals surface area (Å²) in [5.74, 6) is 0.118. The van der Waals surface area contributed by atoms with Crippen molar-refractivity contribution in [3.8, 4) is 11.4 Å². The fraction of sp³-hybridized carbons (Fsp3) is 0.185. The van der Waals surface area contributed by atoms with Gasteiger partial charge in [-0.1, -0.05) is 29.8 Å². The Morgan fingerprint density at radius 1 is 1.00 bits per heavy atom. The summed E-state index contributed by atoms with van der Waals surface area (Å²) in [4.78, 5) is 6.58. The van der Waals surface area contributed by atoms with Crippen molar-refractivity contribution in [3.63, 3.8) is 0 Å². The molecule has 2 aromatic carbocycles. The van der Waals surface area contributed by atoms with Crippen LogP contribution in [0, 0.1) is 20.8 Å². The molecule has 7 heteroatoms. The third-order valence-corrected chi connectivity index (χ3v) is 6.89. The van der Waals surface area contributed by atoms with Crippen molar-refractivity contribution < 1.29 is 5.11 Å². The van der Waals surface area contributed by atoms with Gasteiger partial charge in [-0.2, -0.15) is 0 Å². The van der Waals surface area contributed by atoms with E-state index in [0.717, 1.165) is 28.3 Å². The molecule has 172 valence electrons. The molecule has 2 N–H and O–H groups in total. The van der Waals surface area contributed by atoms with Crippen LogP contribution in [-0.4, -0.2) is 19.8 Å². The van der Waals surface area contributed by atoms with E-state index in [4.69, 9.17) is 23.8 Å². The van der Waals surface area contributed by atoms with Gasteiger partial charge in [0.25, 0.3) is 0 Å². The quantitative estimate of drug-likeness (QED) is 0.328. The molecule has 0 bridgehead atoms. The van der Waals surface area contributed by atoms with Crippen LogP contribution in [0.1, 0.15) is 40.3 Å². The van der Waals surface area contributed by atoms with E-state index in [2.05, 4.69) is 66.0 Å². The number of nitrogens with one attached hydrogen (secondary N) is 1. The van der Waals surface area contributed by atoms with Crippen molar-refractivity contribution in [3.05, 3.63) is 106 Å². The first kappa shape index (κ1) is 22.4. The number of thiocarbonyl (C=S) groups is 1. The Kier molecular flexibility index (Phi) is 5.80. The standard InChI is InChI=1S/C27H25ClN4OS/c1-16-7-6-8-20(13-16)31-17(2)14-21(18(31)3)26-25(22-9-4-5-12-29-22)30-27(34)32(26)23-15-19(28)10-11-24(23)33/h4-15,25-26,33H,1-3H3,(H,30,34)/t25-,26-/m0/s1. The normalized spacial score (nSPS) is 17.8. The molecular weight excluding hydrogens is 464 g/mol. The summed E-state index contributed by atoms with van der Waals surface area (Å²) in [5.41, 5.74) is 7.07. The number of aromatic nitrogens is 2. The molecule has 1 aliphatic rings. The molecule has 3 heterocycles. The van der Waals surface area contributed by atoms with E-state index in [9.17, 15) is 5.11 Å². The SMILES string of the molecule is Cc1cccc(-n2c(C)cc([C@H]3[C@H](c4ccccn4)NC(=S)N3c3cc(Cl)ccc3O)c2C)c1. The second-order valence-corrected chi connectivity index (χ2v) is 9.45. The first-order chi connectivity index (χ1) is 16.3. The zero-order chi connectivity index (χ0) is 24.0. The minimum atomic E-state index is -0.239. The van der Waals surface area contributed by atoms with Crippen molar-refractivity contribution in [2.24, 2.45) is 0 Å². The van der Waals surface area contributed by atoms with Gasteiger partial charge in [-0.3, -0.25) is 4.98 Å². The number of aromatic hydroxyl groups is 1. The summed E-state index contributed by atoms with van der Waals surface area (Å²) in [7, 11) is 0. The second kappa shape index (κ2) is 8.78. The minimum Gasteiger partial charge on any atom is -0.506 e. The lowest BCUT2D eigenvalue weighted by Gasteiger charge is -2.28. The van der Waals surface area contributed by atoms with Gasteiger partial charge in [0.1, 0.15) is 5.75 Å². The van der Waals surface area contributed by atoms with Crippen LogP contribution in [0.2, 0.25) is 5.02 Å². The third-order valence-electron chi connectivity index (χ3n) is 6.34. The van der Waals surface area contributed by atoms with Crippen molar-refractivity contribution in [2.45, 2.75) is 32.9 Å². The predicted octanol–water partition coefficient (Wildman–Crippen LogP) is 6.33. The van der Waals surface area contributed by atoms with Crippen LogP contribution in [0.4, 0.5) is 5.69 Å². The molecule has 2 atom stereocenters. The number of hydrogen-bond donors (Lipinski definition) is 2. The Balaban J connectivity index is 1.71. The first-order valence-corrected chi connectivity index (χ1v) is 11.9. The number of halogens is 1. The van der Waals surface area contributed by atoms with Crippen LogP contribution < -0.4 is 10.2 Å². The number of phenols is 1. The molecule has 0 radical (unpaired) electrons.